The second-order valence-corrected chi connectivity index (χ2v) is 8.69. The Kier molecular flexibility index (Phi) is 5.97. The summed E-state index contributed by atoms with van der Waals surface area (Å²) in [5.41, 5.74) is -0.596. The quantitative estimate of drug-likeness (QED) is 0.312. The largest absolute Gasteiger partial charge is 0.495 e. The van der Waals surface area contributed by atoms with Crippen molar-refractivity contribution in [1.82, 2.24) is 4.98 Å². The van der Waals surface area contributed by atoms with E-state index < -0.39 is 5.51 Å². The molecule has 0 unspecified atom stereocenters. The van der Waals surface area contributed by atoms with Crippen LogP contribution in [0.3, 0.4) is 0 Å². The summed E-state index contributed by atoms with van der Waals surface area (Å²) >= 11 is 6.06. The Hall–Kier alpha value is -2.90. The fraction of sp³-hybridized carbons (Fsp3) is 0.125. The van der Waals surface area contributed by atoms with Gasteiger partial charge < -0.3 is 9.72 Å². The Morgan fingerprint density at radius 1 is 0.969 bits per heavy atom. The van der Waals surface area contributed by atoms with Gasteiger partial charge in [-0.2, -0.15) is 13.2 Å². The Balaban J connectivity index is 1.74. The lowest BCUT2D eigenvalue weighted by molar-refractivity contribution is -0.0328. The number of ether oxygens (including phenoxy) is 1. The van der Waals surface area contributed by atoms with Crippen molar-refractivity contribution in [3.05, 3.63) is 81.6 Å². The van der Waals surface area contributed by atoms with Crippen molar-refractivity contribution in [3.8, 4) is 28.0 Å². The number of aryl methyl sites for hydroxylation is 1. The molecule has 3 nitrogen and oxygen atoms in total. The summed E-state index contributed by atoms with van der Waals surface area (Å²) in [6.45, 7) is 1.81. The highest BCUT2D eigenvalue weighted by atomic mass is 35.5. The first-order valence-corrected chi connectivity index (χ1v) is 10.7. The topological polar surface area (TPSA) is 42.1 Å². The summed E-state index contributed by atoms with van der Waals surface area (Å²) in [6, 6.07) is 16.7. The minimum atomic E-state index is -4.34. The van der Waals surface area contributed by atoms with E-state index in [0.717, 1.165) is 5.56 Å². The van der Waals surface area contributed by atoms with Gasteiger partial charge >= 0.3 is 5.51 Å². The number of hydrogen-bond acceptors (Lipinski definition) is 3. The molecular weight excluding hydrogens is 459 g/mol. The molecule has 32 heavy (non-hydrogen) atoms. The van der Waals surface area contributed by atoms with Gasteiger partial charge in [0.05, 0.1) is 17.6 Å². The summed E-state index contributed by atoms with van der Waals surface area (Å²) in [7, 11) is 1.51. The van der Waals surface area contributed by atoms with Crippen molar-refractivity contribution in [1.29, 1.82) is 0 Å². The van der Waals surface area contributed by atoms with Gasteiger partial charge in [0.25, 0.3) is 0 Å². The third kappa shape index (κ3) is 4.49. The number of H-pyrrole nitrogens is 1. The van der Waals surface area contributed by atoms with E-state index in [2.05, 4.69) is 4.98 Å². The van der Waals surface area contributed by atoms with Gasteiger partial charge in [-0.05, 0) is 53.6 Å². The third-order valence-electron chi connectivity index (χ3n) is 5.04. The second-order valence-electron chi connectivity index (χ2n) is 7.14. The van der Waals surface area contributed by atoms with Crippen LogP contribution in [0.25, 0.3) is 33.2 Å². The lowest BCUT2D eigenvalue weighted by atomic mass is 9.98. The van der Waals surface area contributed by atoms with Gasteiger partial charge in [0, 0.05) is 27.6 Å². The van der Waals surface area contributed by atoms with Crippen LogP contribution in [0.2, 0.25) is 5.02 Å². The van der Waals surface area contributed by atoms with Crippen molar-refractivity contribution in [2.75, 3.05) is 7.11 Å². The van der Waals surface area contributed by atoms with E-state index in [9.17, 15) is 18.0 Å². The number of nitrogens with one attached hydrogen (secondary N) is 1. The summed E-state index contributed by atoms with van der Waals surface area (Å²) in [6.07, 6.45) is 0. The zero-order chi connectivity index (χ0) is 23.0. The van der Waals surface area contributed by atoms with E-state index in [-0.39, 0.29) is 22.1 Å². The molecule has 1 N–H and O–H groups in total. The molecule has 1 heterocycles. The van der Waals surface area contributed by atoms with Crippen LogP contribution in [-0.4, -0.2) is 17.6 Å². The minimum Gasteiger partial charge on any atom is -0.495 e. The van der Waals surface area contributed by atoms with Crippen molar-refractivity contribution in [3.63, 3.8) is 0 Å². The molecule has 0 aliphatic carbocycles. The standard InChI is InChI=1S/C24H17ClF3NO2S/c1-13-22(23(30)18-11-19(25)21(31-2)12-20(18)29-13)15-8-6-14(7-9-15)16-4-3-5-17(10-16)32-24(26,27)28/h3-12H,1-2H3,(H,29,30). The molecule has 8 heteroatoms. The number of aromatic amines is 1. The smallest absolute Gasteiger partial charge is 0.446 e. The van der Waals surface area contributed by atoms with Crippen molar-refractivity contribution >= 4 is 34.3 Å². The van der Waals surface area contributed by atoms with E-state index in [1.165, 1.54) is 19.2 Å². The maximum atomic E-state index is 13.2. The van der Waals surface area contributed by atoms with Gasteiger partial charge in [0.2, 0.25) is 0 Å². The summed E-state index contributed by atoms with van der Waals surface area (Å²) in [4.78, 5) is 16.6. The second kappa shape index (κ2) is 8.56. The molecule has 0 aliphatic rings. The minimum absolute atomic E-state index is 0.119. The monoisotopic (exact) mass is 475 g/mol. The molecule has 3 aromatic carbocycles. The molecule has 4 aromatic rings. The lowest BCUT2D eigenvalue weighted by Gasteiger charge is -2.12. The zero-order valence-corrected chi connectivity index (χ0v) is 18.6. The van der Waals surface area contributed by atoms with E-state index in [0.29, 0.717) is 44.1 Å². The first-order chi connectivity index (χ1) is 15.2. The molecule has 0 atom stereocenters. The summed E-state index contributed by atoms with van der Waals surface area (Å²) < 4.78 is 43.3. The molecule has 0 bridgehead atoms. The molecule has 4 rings (SSSR count). The molecule has 1 aromatic heterocycles. The SMILES string of the molecule is COc1cc2[nH]c(C)c(-c3ccc(-c4cccc(SC(F)(F)F)c4)cc3)c(=O)c2cc1Cl. The van der Waals surface area contributed by atoms with Crippen LogP contribution in [-0.2, 0) is 0 Å². The number of fused-ring (bicyclic) bond motifs is 1. The fourth-order valence-corrected chi connectivity index (χ4v) is 4.46. The Morgan fingerprint density at radius 2 is 1.66 bits per heavy atom. The van der Waals surface area contributed by atoms with Crippen LogP contribution in [0.5, 0.6) is 5.75 Å². The number of halogens is 4. The van der Waals surface area contributed by atoms with Crippen LogP contribution < -0.4 is 10.2 Å². The van der Waals surface area contributed by atoms with E-state index in [1.54, 1.807) is 48.5 Å². The van der Waals surface area contributed by atoms with Gasteiger partial charge in [-0.3, -0.25) is 4.79 Å². The number of alkyl halides is 3. The average Bonchev–Trinajstić information content (AvgIpc) is 2.73. The van der Waals surface area contributed by atoms with Crippen molar-refractivity contribution in [2.45, 2.75) is 17.3 Å². The number of rotatable bonds is 4. The normalized spacial score (nSPS) is 11.7. The summed E-state index contributed by atoms with van der Waals surface area (Å²) in [5, 5.41) is 0.782. The Labute approximate surface area is 191 Å². The van der Waals surface area contributed by atoms with Gasteiger partial charge in [-0.25, -0.2) is 0 Å². The van der Waals surface area contributed by atoms with Crippen LogP contribution in [0.4, 0.5) is 13.2 Å². The van der Waals surface area contributed by atoms with Crippen LogP contribution in [0, 0.1) is 6.92 Å². The molecule has 0 fully saturated rings. The van der Waals surface area contributed by atoms with Crippen LogP contribution in [0.1, 0.15) is 5.69 Å². The Morgan fingerprint density at radius 3 is 2.31 bits per heavy atom. The van der Waals surface area contributed by atoms with Crippen molar-refractivity contribution in [2.24, 2.45) is 0 Å². The van der Waals surface area contributed by atoms with E-state index >= 15 is 0 Å². The highest BCUT2D eigenvalue weighted by molar-refractivity contribution is 8.00. The number of pyridine rings is 1. The lowest BCUT2D eigenvalue weighted by Crippen LogP contribution is -2.10. The predicted molar refractivity (Wildman–Crippen MR) is 124 cm³/mol. The maximum Gasteiger partial charge on any atom is 0.446 e. The maximum absolute atomic E-state index is 13.2. The number of methoxy groups -OCH3 is 1. The van der Waals surface area contributed by atoms with Crippen LogP contribution in [0.15, 0.2) is 70.4 Å². The molecule has 0 saturated heterocycles. The fourth-order valence-electron chi connectivity index (χ4n) is 3.62. The number of hydrogen-bond donors (Lipinski definition) is 1. The first kappa shape index (κ1) is 22.3. The van der Waals surface area contributed by atoms with Crippen LogP contribution >= 0.6 is 23.4 Å². The molecule has 0 saturated carbocycles. The number of benzene rings is 3. The third-order valence-corrected chi connectivity index (χ3v) is 6.05. The molecule has 164 valence electrons. The van der Waals surface area contributed by atoms with E-state index in [4.69, 9.17) is 16.3 Å². The van der Waals surface area contributed by atoms with Gasteiger partial charge in [-0.1, -0.05) is 48.0 Å². The van der Waals surface area contributed by atoms with Gasteiger partial charge in [0.15, 0.2) is 5.43 Å². The molecule has 0 amide bonds. The molecular formula is C24H17ClF3NO2S. The number of aromatic nitrogens is 1. The van der Waals surface area contributed by atoms with Gasteiger partial charge in [0.1, 0.15) is 5.75 Å². The van der Waals surface area contributed by atoms with Crippen molar-refractivity contribution < 1.29 is 17.9 Å². The highest BCUT2D eigenvalue weighted by Crippen LogP contribution is 2.38. The highest BCUT2D eigenvalue weighted by Gasteiger charge is 2.29. The molecule has 0 spiro atoms. The predicted octanol–water partition coefficient (Wildman–Crippen LogP) is 7.44. The summed E-state index contributed by atoms with van der Waals surface area (Å²) in [5.74, 6) is 0.470. The van der Waals surface area contributed by atoms with Gasteiger partial charge in [-0.15, -0.1) is 0 Å². The number of thioether (sulfide) groups is 1. The molecule has 0 radical (unpaired) electrons. The Bertz CT molecular complexity index is 1370. The van der Waals surface area contributed by atoms with E-state index in [1.807, 2.05) is 6.92 Å². The first-order valence-electron chi connectivity index (χ1n) is 9.53. The zero-order valence-electron chi connectivity index (χ0n) is 17.0. The molecule has 0 aliphatic heterocycles. The average molecular weight is 476 g/mol.